The van der Waals surface area contributed by atoms with Crippen molar-refractivity contribution in [3.05, 3.63) is 95.3 Å². The molecule has 0 fully saturated rings. The number of esters is 1. The van der Waals surface area contributed by atoms with Crippen molar-refractivity contribution in [3.63, 3.8) is 0 Å². The fraction of sp³-hybridized carbons (Fsp3) is 0. The number of nitrogens with zero attached hydrogens (tertiary/aromatic N) is 1. The van der Waals surface area contributed by atoms with Crippen LogP contribution in [-0.4, -0.2) is 23.3 Å². The van der Waals surface area contributed by atoms with Crippen molar-refractivity contribution in [1.29, 1.82) is 0 Å². The van der Waals surface area contributed by atoms with Crippen LogP contribution in [-0.2, 0) is 0 Å². The third-order valence-corrected chi connectivity index (χ3v) is 3.69. The van der Waals surface area contributed by atoms with Gasteiger partial charge < -0.3 is 9.84 Å². The SMILES string of the molecule is O=C(O)c1cccc(N/N=C/c2ccc(OC(=O)c3ccc(F)cc3)cc2)c1. The van der Waals surface area contributed by atoms with Gasteiger partial charge in [-0.05, 0) is 72.3 Å². The zero-order valence-electron chi connectivity index (χ0n) is 14.5. The summed E-state index contributed by atoms with van der Waals surface area (Å²) in [6.07, 6.45) is 1.54. The predicted octanol–water partition coefficient (Wildman–Crippen LogP) is 4.19. The molecule has 0 spiro atoms. The van der Waals surface area contributed by atoms with Crippen molar-refractivity contribution in [2.75, 3.05) is 5.43 Å². The number of hydrogen-bond acceptors (Lipinski definition) is 5. The van der Waals surface area contributed by atoms with E-state index in [1.807, 2.05) is 0 Å². The fourth-order valence-electron chi connectivity index (χ4n) is 2.28. The average molecular weight is 378 g/mol. The molecule has 0 aliphatic rings. The van der Waals surface area contributed by atoms with Crippen molar-refractivity contribution in [3.8, 4) is 5.75 Å². The molecule has 0 amide bonds. The van der Waals surface area contributed by atoms with Crippen LogP contribution in [0.2, 0.25) is 0 Å². The molecule has 28 heavy (non-hydrogen) atoms. The zero-order valence-corrected chi connectivity index (χ0v) is 14.5. The number of hydrazone groups is 1. The smallest absolute Gasteiger partial charge is 0.343 e. The Labute approximate surface area is 159 Å². The molecule has 0 unspecified atom stereocenters. The highest BCUT2D eigenvalue weighted by Crippen LogP contribution is 2.15. The molecule has 6 nitrogen and oxygen atoms in total. The first-order valence-corrected chi connectivity index (χ1v) is 8.21. The number of rotatable bonds is 6. The molecule has 3 aromatic rings. The molecule has 3 aromatic carbocycles. The molecule has 7 heteroatoms. The molecule has 0 radical (unpaired) electrons. The Morgan fingerprint density at radius 1 is 0.964 bits per heavy atom. The third kappa shape index (κ3) is 5.01. The van der Waals surface area contributed by atoms with E-state index in [1.54, 1.807) is 42.6 Å². The maximum Gasteiger partial charge on any atom is 0.343 e. The highest BCUT2D eigenvalue weighted by atomic mass is 19.1. The lowest BCUT2D eigenvalue weighted by Crippen LogP contribution is -2.08. The Balaban J connectivity index is 1.59. The molecule has 2 N–H and O–H groups in total. The third-order valence-electron chi connectivity index (χ3n) is 3.69. The van der Waals surface area contributed by atoms with Crippen LogP contribution in [0.1, 0.15) is 26.3 Å². The topological polar surface area (TPSA) is 88.0 Å². The van der Waals surface area contributed by atoms with Gasteiger partial charge in [0.05, 0.1) is 23.0 Å². The first-order valence-electron chi connectivity index (χ1n) is 8.21. The lowest BCUT2D eigenvalue weighted by molar-refractivity contribution is 0.0694. The van der Waals surface area contributed by atoms with Crippen LogP contribution in [0, 0.1) is 5.82 Å². The molecule has 140 valence electrons. The highest BCUT2D eigenvalue weighted by Gasteiger charge is 2.08. The van der Waals surface area contributed by atoms with Gasteiger partial charge in [0.15, 0.2) is 0 Å². The van der Waals surface area contributed by atoms with Gasteiger partial charge in [0.2, 0.25) is 0 Å². The molecule has 0 saturated carbocycles. The van der Waals surface area contributed by atoms with Gasteiger partial charge in [0.25, 0.3) is 0 Å². The van der Waals surface area contributed by atoms with Crippen LogP contribution in [0.25, 0.3) is 0 Å². The lowest BCUT2D eigenvalue weighted by Gasteiger charge is -2.05. The van der Waals surface area contributed by atoms with Crippen LogP contribution in [0.4, 0.5) is 10.1 Å². The molecule has 0 atom stereocenters. The summed E-state index contributed by atoms with van der Waals surface area (Å²) >= 11 is 0. The second kappa shape index (κ2) is 8.59. The summed E-state index contributed by atoms with van der Waals surface area (Å²) in [7, 11) is 0. The molecule has 0 saturated heterocycles. The van der Waals surface area contributed by atoms with E-state index in [1.165, 1.54) is 36.4 Å². The van der Waals surface area contributed by atoms with Gasteiger partial charge in [-0.2, -0.15) is 5.10 Å². The summed E-state index contributed by atoms with van der Waals surface area (Å²) in [5.41, 5.74) is 4.44. The van der Waals surface area contributed by atoms with Gasteiger partial charge in [-0.25, -0.2) is 14.0 Å². The lowest BCUT2D eigenvalue weighted by atomic mass is 10.2. The molecule has 0 aliphatic carbocycles. The minimum absolute atomic E-state index is 0.160. The second-order valence-corrected chi connectivity index (χ2v) is 5.72. The predicted molar refractivity (Wildman–Crippen MR) is 102 cm³/mol. The van der Waals surface area contributed by atoms with E-state index in [0.717, 1.165) is 5.56 Å². The number of benzene rings is 3. The van der Waals surface area contributed by atoms with Crippen LogP contribution >= 0.6 is 0 Å². The van der Waals surface area contributed by atoms with Gasteiger partial charge in [-0.1, -0.05) is 6.07 Å². The maximum absolute atomic E-state index is 12.9. The molecule has 0 aromatic heterocycles. The number of anilines is 1. The minimum atomic E-state index is -1.02. The Morgan fingerprint density at radius 3 is 2.36 bits per heavy atom. The molecular formula is C21H15FN2O4. The number of aromatic carboxylic acids is 1. The number of ether oxygens (including phenoxy) is 1. The van der Waals surface area contributed by atoms with Crippen molar-refractivity contribution < 1.29 is 23.8 Å². The molecule has 0 bridgehead atoms. The van der Waals surface area contributed by atoms with E-state index >= 15 is 0 Å². The monoisotopic (exact) mass is 378 g/mol. The first-order chi connectivity index (χ1) is 13.5. The van der Waals surface area contributed by atoms with Crippen molar-refractivity contribution >= 4 is 23.8 Å². The van der Waals surface area contributed by atoms with Crippen LogP contribution in [0.15, 0.2) is 77.9 Å². The van der Waals surface area contributed by atoms with E-state index in [2.05, 4.69) is 10.5 Å². The molecule has 0 heterocycles. The van der Waals surface area contributed by atoms with E-state index in [0.29, 0.717) is 11.4 Å². The summed E-state index contributed by atoms with van der Waals surface area (Å²) in [5, 5.41) is 13.0. The van der Waals surface area contributed by atoms with Gasteiger partial charge >= 0.3 is 11.9 Å². The summed E-state index contributed by atoms with van der Waals surface area (Å²) in [6.45, 7) is 0. The largest absolute Gasteiger partial charge is 0.478 e. The maximum atomic E-state index is 12.9. The summed E-state index contributed by atoms with van der Waals surface area (Å²) in [6, 6.07) is 18.0. The van der Waals surface area contributed by atoms with Crippen LogP contribution < -0.4 is 10.2 Å². The Bertz CT molecular complexity index is 1020. The number of carbonyl (C=O) groups is 2. The zero-order chi connectivity index (χ0) is 19.9. The van der Waals surface area contributed by atoms with E-state index in [9.17, 15) is 14.0 Å². The van der Waals surface area contributed by atoms with Gasteiger partial charge in [0, 0.05) is 0 Å². The molecule has 3 rings (SSSR count). The normalized spacial score (nSPS) is 10.6. The Kier molecular flexibility index (Phi) is 5.76. The summed E-state index contributed by atoms with van der Waals surface area (Å²) in [4.78, 5) is 22.9. The first kappa shape index (κ1) is 18.8. The van der Waals surface area contributed by atoms with Crippen molar-refractivity contribution in [1.82, 2.24) is 0 Å². The summed E-state index contributed by atoms with van der Waals surface area (Å²) < 4.78 is 18.1. The van der Waals surface area contributed by atoms with E-state index in [-0.39, 0.29) is 11.1 Å². The van der Waals surface area contributed by atoms with Crippen LogP contribution in [0.5, 0.6) is 5.75 Å². The number of nitrogens with one attached hydrogen (secondary N) is 1. The van der Waals surface area contributed by atoms with Crippen LogP contribution in [0.3, 0.4) is 0 Å². The van der Waals surface area contributed by atoms with Gasteiger partial charge in [-0.3, -0.25) is 5.43 Å². The van der Waals surface area contributed by atoms with Gasteiger partial charge in [0.1, 0.15) is 11.6 Å². The summed E-state index contributed by atoms with van der Waals surface area (Å²) in [5.74, 6) is -1.68. The highest BCUT2D eigenvalue weighted by molar-refractivity contribution is 5.91. The fourth-order valence-corrected chi connectivity index (χ4v) is 2.28. The van der Waals surface area contributed by atoms with E-state index < -0.39 is 17.8 Å². The number of carboxylic acid groups (broad SMARTS) is 1. The number of carboxylic acids is 1. The van der Waals surface area contributed by atoms with E-state index in [4.69, 9.17) is 9.84 Å². The number of carbonyl (C=O) groups excluding carboxylic acids is 1. The average Bonchev–Trinajstić information content (AvgIpc) is 2.70. The Hall–Kier alpha value is -4.00. The standard InChI is InChI=1S/C21H15FN2O4/c22-17-8-6-15(7-9-17)21(27)28-19-10-4-14(5-11-19)13-23-24-18-3-1-2-16(12-18)20(25)26/h1-13,24H,(H,25,26)/b23-13+. The number of halogens is 1. The quantitative estimate of drug-likeness (QED) is 0.291. The Morgan fingerprint density at radius 2 is 1.68 bits per heavy atom. The van der Waals surface area contributed by atoms with Gasteiger partial charge in [-0.15, -0.1) is 0 Å². The number of hydrogen-bond donors (Lipinski definition) is 2. The van der Waals surface area contributed by atoms with Crippen molar-refractivity contribution in [2.45, 2.75) is 0 Å². The second-order valence-electron chi connectivity index (χ2n) is 5.72. The molecule has 0 aliphatic heterocycles. The van der Waals surface area contributed by atoms with Crippen molar-refractivity contribution in [2.24, 2.45) is 5.10 Å². The molecular weight excluding hydrogens is 363 g/mol. The minimum Gasteiger partial charge on any atom is -0.478 e.